The van der Waals surface area contributed by atoms with Crippen LogP contribution in [0.4, 0.5) is 0 Å². The minimum absolute atomic E-state index is 0.0196. The molecule has 4 rings (SSSR count). The molecule has 0 fully saturated rings. The summed E-state index contributed by atoms with van der Waals surface area (Å²) in [6.45, 7) is 1.85. The number of phenols is 1. The maximum Gasteiger partial charge on any atom is 0.336 e. The number of phenolic OH excluding ortho intramolecular Hbond substituents is 1. The van der Waals surface area contributed by atoms with E-state index in [1.807, 2.05) is 18.2 Å². The molecule has 1 heterocycles. The zero-order valence-electron chi connectivity index (χ0n) is 19.2. The second-order valence-electron chi connectivity index (χ2n) is 8.26. The van der Waals surface area contributed by atoms with Gasteiger partial charge in [0.2, 0.25) is 0 Å². The van der Waals surface area contributed by atoms with Gasteiger partial charge in [0.1, 0.15) is 18.1 Å². The maximum atomic E-state index is 13.4. The largest absolute Gasteiger partial charge is 0.503 e. The van der Waals surface area contributed by atoms with Crippen molar-refractivity contribution in [1.82, 2.24) is 5.32 Å². The lowest BCUT2D eigenvalue weighted by molar-refractivity contribution is -0.141. The van der Waals surface area contributed by atoms with E-state index in [1.165, 1.54) is 7.11 Å². The lowest BCUT2D eigenvalue weighted by Gasteiger charge is -2.38. The van der Waals surface area contributed by atoms with Crippen molar-refractivity contribution >= 4 is 23.4 Å². The summed E-state index contributed by atoms with van der Waals surface area (Å²) in [5.74, 6) is -1.08. The van der Waals surface area contributed by atoms with Gasteiger partial charge in [-0.3, -0.25) is 4.79 Å². The minimum atomic E-state index is -0.643. The monoisotopic (exact) mass is 483 g/mol. The molecule has 0 saturated carbocycles. The number of ketones is 1. The van der Waals surface area contributed by atoms with Crippen molar-refractivity contribution in [3.63, 3.8) is 0 Å². The van der Waals surface area contributed by atoms with Gasteiger partial charge in [0.05, 0.1) is 30.7 Å². The summed E-state index contributed by atoms with van der Waals surface area (Å²) in [7, 11) is 3.00. The van der Waals surface area contributed by atoms with Crippen LogP contribution in [0.5, 0.6) is 17.2 Å². The number of Topliss-reactive ketones (excluding diaryl/α,β-unsaturated/α-hetero) is 1. The number of allylic oxidation sites excluding steroid dienone is 3. The summed E-state index contributed by atoms with van der Waals surface area (Å²) in [5, 5.41) is 13.5. The quantitative estimate of drug-likeness (QED) is 0.578. The molecular weight excluding hydrogens is 458 g/mol. The molecule has 2 atom stereocenters. The number of nitrogens with one attached hydrogen (secondary N) is 1. The zero-order chi connectivity index (χ0) is 24.4. The fourth-order valence-electron chi connectivity index (χ4n) is 4.52. The number of methoxy groups -OCH3 is 2. The number of hydrogen-bond donors (Lipinski definition) is 2. The Morgan fingerprint density at radius 2 is 1.88 bits per heavy atom. The highest BCUT2D eigenvalue weighted by Gasteiger charge is 2.43. The Hall–Kier alpha value is -3.45. The molecule has 178 valence electrons. The van der Waals surface area contributed by atoms with Crippen LogP contribution in [0.2, 0.25) is 5.02 Å². The van der Waals surface area contributed by atoms with E-state index >= 15 is 0 Å². The predicted molar refractivity (Wildman–Crippen MR) is 127 cm³/mol. The summed E-state index contributed by atoms with van der Waals surface area (Å²) < 4.78 is 16.1. The first-order chi connectivity index (χ1) is 16.3. The average molecular weight is 484 g/mol. The van der Waals surface area contributed by atoms with E-state index in [9.17, 15) is 14.7 Å². The van der Waals surface area contributed by atoms with Crippen LogP contribution in [0.15, 0.2) is 59.4 Å². The number of esters is 1. The van der Waals surface area contributed by atoms with E-state index < -0.39 is 17.8 Å². The molecule has 2 N–H and O–H groups in total. The molecule has 0 saturated heterocycles. The minimum Gasteiger partial charge on any atom is -0.503 e. The molecule has 1 aliphatic carbocycles. The van der Waals surface area contributed by atoms with Gasteiger partial charge in [-0.2, -0.15) is 0 Å². The predicted octanol–water partition coefficient (Wildman–Crippen LogP) is 4.63. The van der Waals surface area contributed by atoms with Crippen molar-refractivity contribution < 1.29 is 28.9 Å². The number of ether oxygens (including phenoxy) is 3. The van der Waals surface area contributed by atoms with Crippen LogP contribution in [-0.4, -0.2) is 31.1 Å². The molecule has 1 aliphatic heterocycles. The molecule has 0 spiro atoms. The summed E-state index contributed by atoms with van der Waals surface area (Å²) >= 11 is 6.27. The van der Waals surface area contributed by atoms with Gasteiger partial charge in [-0.25, -0.2) is 4.79 Å². The molecule has 8 heteroatoms. The Morgan fingerprint density at radius 3 is 2.56 bits per heavy atom. The third kappa shape index (κ3) is 4.48. The lowest BCUT2D eigenvalue weighted by Crippen LogP contribution is -2.40. The van der Waals surface area contributed by atoms with Crippen LogP contribution in [0.1, 0.15) is 36.8 Å². The average Bonchev–Trinajstić information content (AvgIpc) is 2.83. The highest BCUT2D eigenvalue weighted by atomic mass is 35.5. The van der Waals surface area contributed by atoms with Gasteiger partial charge in [0, 0.05) is 23.7 Å². The van der Waals surface area contributed by atoms with Gasteiger partial charge in [-0.1, -0.05) is 29.8 Å². The van der Waals surface area contributed by atoms with Crippen LogP contribution in [0.3, 0.4) is 0 Å². The molecule has 2 aromatic carbocycles. The Bertz CT molecular complexity index is 1180. The van der Waals surface area contributed by atoms with Gasteiger partial charge in [-0.15, -0.1) is 0 Å². The Balaban J connectivity index is 1.73. The number of halogens is 1. The molecule has 7 nitrogen and oxygen atoms in total. The molecule has 2 unspecified atom stereocenters. The number of fused-ring (bicyclic) bond motifs is 1. The van der Waals surface area contributed by atoms with E-state index in [0.29, 0.717) is 35.4 Å². The standard InChI is InChI=1S/C26H26ClNO6/c1-14-22(26(31)34-13-15-7-9-17(32-2)10-8-15)23(24-19(28-14)5-4-6-20(24)29)16-11-18(27)25(30)21(12-16)33-3/h5,7-12,23-24,28,30H,4,6,13H2,1-3H3. The SMILES string of the molecule is COc1ccc(COC(=O)C2=C(C)NC3=CCCC(=O)C3C2c2cc(Cl)c(O)c(OC)c2)cc1. The Morgan fingerprint density at radius 1 is 1.15 bits per heavy atom. The molecule has 0 amide bonds. The number of hydrogen-bond acceptors (Lipinski definition) is 7. The van der Waals surface area contributed by atoms with Crippen LogP contribution >= 0.6 is 11.6 Å². The van der Waals surface area contributed by atoms with E-state index in [-0.39, 0.29) is 28.9 Å². The van der Waals surface area contributed by atoms with E-state index in [1.54, 1.807) is 38.3 Å². The summed E-state index contributed by atoms with van der Waals surface area (Å²) in [5.41, 5.74) is 3.09. The molecule has 34 heavy (non-hydrogen) atoms. The Kier molecular flexibility index (Phi) is 6.84. The van der Waals surface area contributed by atoms with Gasteiger partial charge in [0.15, 0.2) is 11.5 Å². The first-order valence-electron chi connectivity index (χ1n) is 10.9. The van der Waals surface area contributed by atoms with Crippen LogP contribution in [-0.2, 0) is 20.9 Å². The molecule has 0 radical (unpaired) electrons. The first-order valence-corrected chi connectivity index (χ1v) is 11.3. The van der Waals surface area contributed by atoms with E-state index in [4.69, 9.17) is 25.8 Å². The van der Waals surface area contributed by atoms with E-state index in [2.05, 4.69) is 5.32 Å². The topological polar surface area (TPSA) is 94.1 Å². The molecule has 0 bridgehead atoms. The Labute approximate surface area is 203 Å². The van der Waals surface area contributed by atoms with Crippen molar-refractivity contribution in [2.75, 3.05) is 14.2 Å². The fourth-order valence-corrected chi connectivity index (χ4v) is 4.74. The van der Waals surface area contributed by atoms with Crippen LogP contribution < -0.4 is 14.8 Å². The maximum absolute atomic E-state index is 13.4. The lowest BCUT2D eigenvalue weighted by atomic mass is 9.71. The van der Waals surface area contributed by atoms with Crippen LogP contribution in [0.25, 0.3) is 0 Å². The van der Waals surface area contributed by atoms with Crippen molar-refractivity contribution in [2.45, 2.75) is 32.3 Å². The number of carbonyl (C=O) groups excluding carboxylic acids is 2. The third-order valence-electron chi connectivity index (χ3n) is 6.20. The second kappa shape index (κ2) is 9.81. The van der Waals surface area contributed by atoms with E-state index in [0.717, 1.165) is 11.3 Å². The molecule has 2 aliphatic rings. The third-order valence-corrected chi connectivity index (χ3v) is 6.48. The number of benzene rings is 2. The van der Waals surface area contributed by atoms with Gasteiger partial charge >= 0.3 is 5.97 Å². The van der Waals surface area contributed by atoms with Gasteiger partial charge in [-0.05, 0) is 48.7 Å². The molecule has 0 aromatic heterocycles. The zero-order valence-corrected chi connectivity index (χ0v) is 19.9. The van der Waals surface area contributed by atoms with Crippen LogP contribution in [0, 0.1) is 5.92 Å². The summed E-state index contributed by atoms with van der Waals surface area (Å²) in [4.78, 5) is 26.4. The molecule has 2 aromatic rings. The van der Waals surface area contributed by atoms with Gasteiger partial charge < -0.3 is 24.6 Å². The second-order valence-corrected chi connectivity index (χ2v) is 8.67. The normalized spacial score (nSPS) is 19.6. The highest BCUT2D eigenvalue weighted by molar-refractivity contribution is 6.32. The first kappa shape index (κ1) is 23.7. The van der Waals surface area contributed by atoms with Crippen molar-refractivity contribution in [3.8, 4) is 17.2 Å². The number of aromatic hydroxyl groups is 1. The van der Waals surface area contributed by atoms with Crippen molar-refractivity contribution in [3.05, 3.63) is 75.6 Å². The van der Waals surface area contributed by atoms with Crippen molar-refractivity contribution in [2.24, 2.45) is 5.92 Å². The smallest absolute Gasteiger partial charge is 0.336 e. The number of rotatable bonds is 6. The fraction of sp³-hybridized carbons (Fsp3) is 0.308. The highest BCUT2D eigenvalue weighted by Crippen LogP contribution is 2.47. The summed E-state index contributed by atoms with van der Waals surface area (Å²) in [6, 6.07) is 10.4. The van der Waals surface area contributed by atoms with Crippen molar-refractivity contribution in [1.29, 1.82) is 0 Å². The van der Waals surface area contributed by atoms with Gasteiger partial charge in [0.25, 0.3) is 0 Å². The molecular formula is C26H26ClNO6. The number of carbonyl (C=O) groups is 2. The summed E-state index contributed by atoms with van der Waals surface area (Å²) in [6.07, 6.45) is 3.00.